The van der Waals surface area contributed by atoms with Crippen LogP contribution in [0.15, 0.2) is 22.7 Å². The minimum Gasteiger partial charge on any atom is -0.327 e. The van der Waals surface area contributed by atoms with Gasteiger partial charge in [-0.25, -0.2) is 4.39 Å². The van der Waals surface area contributed by atoms with E-state index in [1.165, 1.54) is 6.07 Å². The lowest BCUT2D eigenvalue weighted by molar-refractivity contribution is -0.123. The second kappa shape index (κ2) is 5.93. The van der Waals surface area contributed by atoms with Crippen molar-refractivity contribution in [1.82, 2.24) is 0 Å². The molecule has 2 nitrogen and oxygen atoms in total. The molecule has 4 heteroatoms. The second-order valence-corrected chi connectivity index (χ2v) is 5.80. The van der Waals surface area contributed by atoms with E-state index in [2.05, 4.69) is 15.9 Å². The fraction of sp³-hybridized carbons (Fsp3) is 0.500. The monoisotopic (exact) mass is 313 g/mol. The number of halogens is 2. The van der Waals surface area contributed by atoms with E-state index in [1.54, 1.807) is 12.1 Å². The van der Waals surface area contributed by atoms with E-state index in [1.807, 2.05) is 0 Å². The van der Waals surface area contributed by atoms with Gasteiger partial charge in [0.25, 0.3) is 0 Å². The van der Waals surface area contributed by atoms with E-state index in [-0.39, 0.29) is 23.6 Å². The first-order chi connectivity index (χ1) is 8.58. The summed E-state index contributed by atoms with van der Waals surface area (Å²) in [4.78, 5) is 12.2. The lowest BCUT2D eigenvalue weighted by Gasteiger charge is -2.27. The molecule has 98 valence electrons. The van der Waals surface area contributed by atoms with Crippen LogP contribution in [0.25, 0.3) is 0 Å². The van der Waals surface area contributed by atoms with Crippen molar-refractivity contribution in [3.8, 4) is 0 Å². The zero-order valence-corrected chi connectivity index (χ0v) is 11.7. The molecular formula is C14H17BrFNO. The van der Waals surface area contributed by atoms with Gasteiger partial charge in [-0.05, 0) is 46.5 Å². The highest BCUT2D eigenvalue weighted by atomic mass is 79.9. The van der Waals surface area contributed by atoms with Gasteiger partial charge in [0.05, 0.1) is 4.47 Å². The van der Waals surface area contributed by atoms with Gasteiger partial charge in [0.2, 0.25) is 0 Å². The minimum atomic E-state index is -0.305. The van der Waals surface area contributed by atoms with Gasteiger partial charge in [-0.3, -0.25) is 4.79 Å². The maximum atomic E-state index is 13.1. The number of rotatable bonds is 3. The number of carbonyl (C=O) groups is 1. The van der Waals surface area contributed by atoms with Crippen LogP contribution in [0.3, 0.4) is 0 Å². The van der Waals surface area contributed by atoms with Crippen molar-refractivity contribution >= 4 is 21.7 Å². The molecule has 1 saturated carbocycles. The molecule has 0 aromatic heterocycles. The Morgan fingerprint density at radius 1 is 1.39 bits per heavy atom. The van der Waals surface area contributed by atoms with E-state index in [0.717, 1.165) is 31.2 Å². The molecule has 0 saturated heterocycles. The summed E-state index contributed by atoms with van der Waals surface area (Å²) >= 11 is 3.13. The highest BCUT2D eigenvalue weighted by Crippen LogP contribution is 2.25. The highest BCUT2D eigenvalue weighted by Gasteiger charge is 2.27. The number of ketones is 1. The molecule has 1 aliphatic carbocycles. The van der Waals surface area contributed by atoms with Crippen LogP contribution in [0.2, 0.25) is 0 Å². The third-order valence-corrected chi connectivity index (χ3v) is 4.20. The zero-order valence-electron chi connectivity index (χ0n) is 10.2. The molecule has 18 heavy (non-hydrogen) atoms. The molecule has 1 aliphatic rings. The number of benzene rings is 1. The van der Waals surface area contributed by atoms with Crippen LogP contribution in [-0.4, -0.2) is 11.8 Å². The molecule has 0 heterocycles. The van der Waals surface area contributed by atoms with Crippen molar-refractivity contribution in [2.24, 2.45) is 11.7 Å². The molecule has 2 N–H and O–H groups in total. The first-order valence-corrected chi connectivity index (χ1v) is 7.09. The average Bonchev–Trinajstić information content (AvgIpc) is 2.34. The summed E-state index contributed by atoms with van der Waals surface area (Å²) in [5, 5.41) is 0. The normalized spacial score (nSPS) is 23.9. The Labute approximate surface area is 115 Å². The van der Waals surface area contributed by atoms with E-state index in [0.29, 0.717) is 10.9 Å². The number of hydrogen-bond acceptors (Lipinski definition) is 2. The zero-order chi connectivity index (χ0) is 13.1. The Bertz CT molecular complexity index is 449. The number of Topliss-reactive ketones (excluding diaryl/α,β-unsaturated/α-hetero) is 1. The lowest BCUT2D eigenvalue weighted by atomic mass is 9.81. The third kappa shape index (κ3) is 3.18. The largest absolute Gasteiger partial charge is 0.327 e. The van der Waals surface area contributed by atoms with Crippen LogP contribution in [-0.2, 0) is 11.2 Å². The lowest BCUT2D eigenvalue weighted by Crippen LogP contribution is -2.38. The standard InChI is InChI=1S/C14H17BrFNO/c15-11-7-9(5-6-12(11)16)8-14(18)10-3-1-2-4-13(10)17/h5-7,10,13H,1-4,8,17H2. The molecule has 2 unspecified atom stereocenters. The fourth-order valence-corrected chi connectivity index (χ4v) is 2.97. The number of nitrogens with two attached hydrogens (primary N) is 1. The van der Waals surface area contributed by atoms with Gasteiger partial charge in [0.1, 0.15) is 11.6 Å². The second-order valence-electron chi connectivity index (χ2n) is 4.95. The van der Waals surface area contributed by atoms with Crippen LogP contribution in [0.1, 0.15) is 31.2 Å². The maximum Gasteiger partial charge on any atom is 0.141 e. The van der Waals surface area contributed by atoms with Gasteiger partial charge in [-0.1, -0.05) is 18.9 Å². The predicted octanol–water partition coefficient (Wildman–Crippen LogP) is 3.22. The maximum absolute atomic E-state index is 13.1. The summed E-state index contributed by atoms with van der Waals surface area (Å²) in [5.41, 5.74) is 6.84. The summed E-state index contributed by atoms with van der Waals surface area (Å²) in [6.45, 7) is 0. The van der Waals surface area contributed by atoms with Crippen molar-refractivity contribution in [2.75, 3.05) is 0 Å². The topological polar surface area (TPSA) is 43.1 Å². The van der Waals surface area contributed by atoms with E-state index >= 15 is 0 Å². The minimum absolute atomic E-state index is 0.00450. The first kappa shape index (κ1) is 13.7. The van der Waals surface area contributed by atoms with Gasteiger partial charge in [-0.15, -0.1) is 0 Å². The molecule has 2 rings (SSSR count). The molecule has 1 aromatic rings. The molecular weight excluding hydrogens is 297 g/mol. The summed E-state index contributed by atoms with van der Waals surface area (Å²) in [6.07, 6.45) is 4.37. The van der Waals surface area contributed by atoms with Crippen LogP contribution in [0.5, 0.6) is 0 Å². The van der Waals surface area contributed by atoms with Gasteiger partial charge < -0.3 is 5.73 Å². The quantitative estimate of drug-likeness (QED) is 0.931. The Morgan fingerprint density at radius 3 is 2.78 bits per heavy atom. The first-order valence-electron chi connectivity index (χ1n) is 6.30. The molecule has 1 fully saturated rings. The van der Waals surface area contributed by atoms with E-state index < -0.39 is 0 Å². The number of carbonyl (C=O) groups excluding carboxylic acids is 1. The van der Waals surface area contributed by atoms with Crippen molar-refractivity contribution < 1.29 is 9.18 Å². The summed E-state index contributed by atoms with van der Waals surface area (Å²) in [6, 6.07) is 4.71. The van der Waals surface area contributed by atoms with Crippen LogP contribution >= 0.6 is 15.9 Å². The predicted molar refractivity (Wildman–Crippen MR) is 72.7 cm³/mol. The third-order valence-electron chi connectivity index (χ3n) is 3.60. The van der Waals surface area contributed by atoms with Crippen molar-refractivity contribution in [1.29, 1.82) is 0 Å². The average molecular weight is 314 g/mol. The molecule has 2 atom stereocenters. The summed E-state index contributed by atoms with van der Waals surface area (Å²) in [7, 11) is 0. The Balaban J connectivity index is 2.04. The van der Waals surface area contributed by atoms with E-state index in [9.17, 15) is 9.18 Å². The Hall–Kier alpha value is -0.740. The van der Waals surface area contributed by atoms with E-state index in [4.69, 9.17) is 5.73 Å². The Kier molecular flexibility index (Phi) is 4.51. The van der Waals surface area contributed by atoms with Crippen LogP contribution in [0.4, 0.5) is 4.39 Å². The molecule has 0 spiro atoms. The number of hydrogen-bond donors (Lipinski definition) is 1. The smallest absolute Gasteiger partial charge is 0.141 e. The van der Waals surface area contributed by atoms with Crippen LogP contribution in [0, 0.1) is 11.7 Å². The van der Waals surface area contributed by atoms with Crippen molar-refractivity contribution in [2.45, 2.75) is 38.1 Å². The SMILES string of the molecule is NC1CCCCC1C(=O)Cc1ccc(F)c(Br)c1. The summed E-state index contributed by atoms with van der Waals surface area (Å²) in [5.74, 6) is -0.149. The molecule has 0 bridgehead atoms. The molecule has 1 aromatic carbocycles. The van der Waals surface area contributed by atoms with Crippen molar-refractivity contribution in [3.63, 3.8) is 0 Å². The Morgan fingerprint density at radius 2 is 2.11 bits per heavy atom. The molecule has 0 aliphatic heterocycles. The van der Waals surface area contributed by atoms with Crippen molar-refractivity contribution in [3.05, 3.63) is 34.1 Å². The molecule has 0 radical (unpaired) electrons. The summed E-state index contributed by atoms with van der Waals surface area (Å²) < 4.78 is 13.5. The van der Waals surface area contributed by atoms with Gasteiger partial charge in [-0.2, -0.15) is 0 Å². The van der Waals surface area contributed by atoms with Gasteiger partial charge in [0.15, 0.2) is 0 Å². The van der Waals surface area contributed by atoms with Crippen LogP contribution < -0.4 is 5.73 Å². The van der Waals surface area contributed by atoms with Gasteiger partial charge >= 0.3 is 0 Å². The fourth-order valence-electron chi connectivity index (χ4n) is 2.54. The van der Waals surface area contributed by atoms with Gasteiger partial charge in [0, 0.05) is 18.4 Å². The highest BCUT2D eigenvalue weighted by molar-refractivity contribution is 9.10. The molecule has 0 amide bonds.